The SMILES string of the molecule is N#C/C(=C\c1c(Cl)nc2sccn12)C(=O)NCc1ccccc1. The predicted octanol–water partition coefficient (Wildman–Crippen LogP) is 3.27. The predicted molar refractivity (Wildman–Crippen MR) is 90.0 cm³/mol. The van der Waals surface area contributed by atoms with Gasteiger partial charge in [-0.25, -0.2) is 4.98 Å². The molecule has 0 aliphatic rings. The van der Waals surface area contributed by atoms with E-state index in [-0.39, 0.29) is 10.7 Å². The van der Waals surface area contributed by atoms with Crippen LogP contribution >= 0.6 is 22.9 Å². The van der Waals surface area contributed by atoms with Gasteiger partial charge in [-0.3, -0.25) is 9.20 Å². The Morgan fingerprint density at radius 1 is 1.43 bits per heavy atom. The summed E-state index contributed by atoms with van der Waals surface area (Å²) >= 11 is 7.50. The Labute approximate surface area is 141 Å². The fraction of sp³-hybridized carbons (Fsp3) is 0.0625. The number of hydrogen-bond donors (Lipinski definition) is 1. The van der Waals surface area contributed by atoms with E-state index in [1.165, 1.54) is 17.4 Å². The summed E-state index contributed by atoms with van der Waals surface area (Å²) < 4.78 is 1.74. The Morgan fingerprint density at radius 2 is 2.22 bits per heavy atom. The third-order valence-corrected chi connectivity index (χ3v) is 4.23. The summed E-state index contributed by atoms with van der Waals surface area (Å²) in [4.78, 5) is 17.1. The zero-order chi connectivity index (χ0) is 16.2. The molecule has 3 rings (SSSR count). The van der Waals surface area contributed by atoms with Gasteiger partial charge < -0.3 is 5.32 Å². The van der Waals surface area contributed by atoms with E-state index in [0.717, 1.165) is 5.56 Å². The van der Waals surface area contributed by atoms with Gasteiger partial charge in [0.1, 0.15) is 11.6 Å². The standard InChI is InChI=1S/C16H11ClN4OS/c17-14-13(21-6-7-23-16(21)20-14)8-12(9-18)15(22)19-10-11-4-2-1-3-5-11/h1-8H,10H2,(H,19,22)/b12-8+. The molecule has 3 aromatic rings. The number of nitriles is 1. The van der Waals surface area contributed by atoms with Gasteiger partial charge in [0.25, 0.3) is 5.91 Å². The molecule has 1 amide bonds. The zero-order valence-electron chi connectivity index (χ0n) is 11.9. The molecule has 0 unspecified atom stereocenters. The number of imidazole rings is 1. The maximum absolute atomic E-state index is 12.2. The van der Waals surface area contributed by atoms with Crippen molar-refractivity contribution in [2.75, 3.05) is 0 Å². The van der Waals surface area contributed by atoms with E-state index < -0.39 is 5.91 Å². The number of nitrogens with zero attached hydrogens (tertiary/aromatic N) is 3. The molecule has 1 aromatic carbocycles. The van der Waals surface area contributed by atoms with Crippen LogP contribution in [0.2, 0.25) is 5.15 Å². The molecule has 0 radical (unpaired) electrons. The first kappa shape index (κ1) is 15.3. The van der Waals surface area contributed by atoms with Crippen molar-refractivity contribution in [3.05, 3.63) is 63.9 Å². The van der Waals surface area contributed by atoms with E-state index in [1.54, 1.807) is 10.6 Å². The minimum absolute atomic E-state index is 0.0177. The highest BCUT2D eigenvalue weighted by Gasteiger charge is 2.14. The van der Waals surface area contributed by atoms with Crippen molar-refractivity contribution < 1.29 is 4.79 Å². The third-order valence-electron chi connectivity index (χ3n) is 3.20. The van der Waals surface area contributed by atoms with Gasteiger partial charge in [0, 0.05) is 18.1 Å². The highest BCUT2D eigenvalue weighted by atomic mass is 35.5. The minimum atomic E-state index is -0.447. The molecule has 0 spiro atoms. The first-order valence-corrected chi connectivity index (χ1v) is 8.00. The summed E-state index contributed by atoms with van der Waals surface area (Å²) in [5, 5.41) is 14.1. The lowest BCUT2D eigenvalue weighted by molar-refractivity contribution is -0.117. The van der Waals surface area contributed by atoms with Gasteiger partial charge in [0.15, 0.2) is 10.1 Å². The molecule has 5 nitrogen and oxygen atoms in total. The molecule has 0 atom stereocenters. The van der Waals surface area contributed by atoms with Crippen LogP contribution in [0.15, 0.2) is 47.5 Å². The second kappa shape index (κ2) is 6.65. The first-order valence-electron chi connectivity index (χ1n) is 6.74. The molecule has 0 bridgehead atoms. The van der Waals surface area contributed by atoms with Gasteiger partial charge in [-0.05, 0) is 11.6 Å². The number of rotatable bonds is 4. The van der Waals surface area contributed by atoms with E-state index in [1.807, 2.05) is 41.8 Å². The number of benzene rings is 1. The highest BCUT2D eigenvalue weighted by Crippen LogP contribution is 2.23. The summed E-state index contributed by atoms with van der Waals surface area (Å²) in [5.41, 5.74) is 1.46. The van der Waals surface area contributed by atoms with E-state index in [9.17, 15) is 10.1 Å². The number of carbonyl (C=O) groups excluding carboxylic acids is 1. The van der Waals surface area contributed by atoms with Crippen molar-refractivity contribution in [1.82, 2.24) is 14.7 Å². The monoisotopic (exact) mass is 342 g/mol. The highest BCUT2D eigenvalue weighted by molar-refractivity contribution is 7.15. The van der Waals surface area contributed by atoms with E-state index in [4.69, 9.17) is 11.6 Å². The smallest absolute Gasteiger partial charge is 0.262 e. The van der Waals surface area contributed by atoms with Gasteiger partial charge in [0.05, 0.1) is 5.69 Å². The Balaban J connectivity index is 1.81. The van der Waals surface area contributed by atoms with Gasteiger partial charge in [0.2, 0.25) is 0 Å². The summed E-state index contributed by atoms with van der Waals surface area (Å²) in [6.07, 6.45) is 3.25. The van der Waals surface area contributed by atoms with E-state index in [0.29, 0.717) is 17.2 Å². The lowest BCUT2D eigenvalue weighted by atomic mass is 10.2. The molecule has 1 N–H and O–H groups in total. The van der Waals surface area contributed by atoms with Gasteiger partial charge >= 0.3 is 0 Å². The van der Waals surface area contributed by atoms with Crippen molar-refractivity contribution in [3.8, 4) is 6.07 Å². The van der Waals surface area contributed by atoms with Gasteiger partial charge in [-0.2, -0.15) is 5.26 Å². The summed E-state index contributed by atoms with van der Waals surface area (Å²) in [5.74, 6) is -0.447. The van der Waals surface area contributed by atoms with Crippen molar-refractivity contribution in [3.63, 3.8) is 0 Å². The molecule has 7 heteroatoms. The second-order valence-corrected chi connectivity index (χ2v) is 5.91. The van der Waals surface area contributed by atoms with Crippen LogP contribution in [0, 0.1) is 11.3 Å². The van der Waals surface area contributed by atoms with Crippen LogP contribution in [0.5, 0.6) is 0 Å². The lowest BCUT2D eigenvalue weighted by Gasteiger charge is -2.04. The molecular formula is C16H11ClN4OS. The zero-order valence-corrected chi connectivity index (χ0v) is 13.4. The average molecular weight is 343 g/mol. The molecule has 2 aromatic heterocycles. The molecule has 0 saturated carbocycles. The quantitative estimate of drug-likeness (QED) is 0.584. The van der Waals surface area contributed by atoms with Crippen molar-refractivity contribution >= 4 is 39.9 Å². The summed E-state index contributed by atoms with van der Waals surface area (Å²) in [6, 6.07) is 11.4. The van der Waals surface area contributed by atoms with Crippen molar-refractivity contribution in [2.45, 2.75) is 6.54 Å². The van der Waals surface area contributed by atoms with Gasteiger partial charge in [-0.15, -0.1) is 11.3 Å². The second-order valence-electron chi connectivity index (χ2n) is 4.68. The van der Waals surface area contributed by atoms with Crippen molar-refractivity contribution in [2.24, 2.45) is 0 Å². The third kappa shape index (κ3) is 3.26. The number of thiazole rings is 1. The number of amides is 1. The number of halogens is 1. The fourth-order valence-electron chi connectivity index (χ4n) is 2.06. The number of nitrogens with one attached hydrogen (secondary N) is 1. The molecule has 0 fully saturated rings. The molecule has 114 valence electrons. The molecule has 2 heterocycles. The van der Waals surface area contributed by atoms with Crippen LogP contribution in [0.3, 0.4) is 0 Å². The summed E-state index contributed by atoms with van der Waals surface area (Å²) in [7, 11) is 0. The molecule has 0 aliphatic carbocycles. The maximum atomic E-state index is 12.2. The molecule has 0 saturated heterocycles. The van der Waals surface area contributed by atoms with Crippen LogP contribution in [0.1, 0.15) is 11.3 Å². The van der Waals surface area contributed by atoms with Crippen LogP contribution in [-0.4, -0.2) is 15.3 Å². The Morgan fingerprint density at radius 3 is 2.96 bits per heavy atom. The number of carbonyl (C=O) groups is 1. The van der Waals surface area contributed by atoms with Gasteiger partial charge in [-0.1, -0.05) is 41.9 Å². The average Bonchev–Trinajstić information content (AvgIpc) is 3.13. The fourth-order valence-corrected chi connectivity index (χ4v) is 3.06. The van der Waals surface area contributed by atoms with Crippen LogP contribution in [-0.2, 0) is 11.3 Å². The minimum Gasteiger partial charge on any atom is -0.347 e. The Bertz CT molecular complexity index is 921. The summed E-state index contributed by atoms with van der Waals surface area (Å²) in [6.45, 7) is 0.354. The number of fused-ring (bicyclic) bond motifs is 1. The molecule has 0 aliphatic heterocycles. The maximum Gasteiger partial charge on any atom is 0.262 e. The number of aromatic nitrogens is 2. The largest absolute Gasteiger partial charge is 0.347 e. The van der Waals surface area contributed by atoms with E-state index >= 15 is 0 Å². The molecular weight excluding hydrogens is 332 g/mol. The Kier molecular flexibility index (Phi) is 4.42. The van der Waals surface area contributed by atoms with Crippen molar-refractivity contribution in [1.29, 1.82) is 5.26 Å². The molecule has 23 heavy (non-hydrogen) atoms. The van der Waals surface area contributed by atoms with Crippen LogP contribution in [0.4, 0.5) is 0 Å². The first-order chi connectivity index (χ1) is 11.2. The lowest BCUT2D eigenvalue weighted by Crippen LogP contribution is -2.23. The topological polar surface area (TPSA) is 70.2 Å². The normalized spacial score (nSPS) is 11.4. The Hall–Kier alpha value is -2.62. The van der Waals surface area contributed by atoms with E-state index in [2.05, 4.69) is 10.3 Å². The number of hydrogen-bond acceptors (Lipinski definition) is 4. The van der Waals surface area contributed by atoms with Crippen LogP contribution in [0.25, 0.3) is 11.0 Å². The van der Waals surface area contributed by atoms with Crippen LogP contribution < -0.4 is 5.32 Å².